The van der Waals surface area contributed by atoms with Crippen molar-refractivity contribution in [1.82, 2.24) is 5.54 Å². The van der Waals surface area contributed by atoms with Crippen molar-refractivity contribution < 1.29 is 14.4 Å². The Hall–Kier alpha value is -1.06. The van der Waals surface area contributed by atoms with E-state index in [1.807, 2.05) is 0 Å². The van der Waals surface area contributed by atoms with Crippen LogP contribution >= 0.6 is 0 Å². The molecule has 0 aromatic rings. The SMILES string of the molecule is O=C(NF)C1=C(O)CCCCC1. The van der Waals surface area contributed by atoms with Gasteiger partial charge in [0.05, 0.1) is 5.57 Å². The van der Waals surface area contributed by atoms with Gasteiger partial charge in [0.2, 0.25) is 0 Å². The van der Waals surface area contributed by atoms with Crippen LogP contribution in [0, 0.1) is 0 Å². The van der Waals surface area contributed by atoms with Crippen LogP contribution in [0.1, 0.15) is 32.1 Å². The number of carbonyl (C=O) groups is 1. The lowest BCUT2D eigenvalue weighted by molar-refractivity contribution is -0.121. The van der Waals surface area contributed by atoms with Gasteiger partial charge in [-0.05, 0) is 19.3 Å². The molecule has 1 aliphatic rings. The highest BCUT2D eigenvalue weighted by atomic mass is 19.2. The smallest absolute Gasteiger partial charge is 0.278 e. The Labute approximate surface area is 70.2 Å². The topological polar surface area (TPSA) is 49.3 Å². The maximum Gasteiger partial charge on any atom is 0.278 e. The summed E-state index contributed by atoms with van der Waals surface area (Å²) in [6.07, 6.45) is 3.65. The first-order chi connectivity index (χ1) is 5.75. The molecule has 1 rings (SSSR count). The second kappa shape index (κ2) is 4.09. The van der Waals surface area contributed by atoms with Gasteiger partial charge in [0.1, 0.15) is 5.76 Å². The Morgan fingerprint density at radius 1 is 1.33 bits per heavy atom. The van der Waals surface area contributed by atoms with Crippen molar-refractivity contribution in [3.05, 3.63) is 11.3 Å². The predicted molar refractivity (Wildman–Crippen MR) is 42.0 cm³/mol. The van der Waals surface area contributed by atoms with E-state index in [1.165, 1.54) is 0 Å². The monoisotopic (exact) mass is 173 g/mol. The first-order valence-electron chi connectivity index (χ1n) is 4.07. The summed E-state index contributed by atoms with van der Waals surface area (Å²) in [5, 5.41) is 9.30. The van der Waals surface area contributed by atoms with Gasteiger partial charge in [-0.1, -0.05) is 10.9 Å². The molecule has 0 saturated heterocycles. The minimum atomic E-state index is -0.797. The highest BCUT2D eigenvalue weighted by molar-refractivity contribution is 5.93. The van der Waals surface area contributed by atoms with Crippen molar-refractivity contribution in [1.29, 1.82) is 0 Å². The Morgan fingerprint density at radius 3 is 2.67 bits per heavy atom. The van der Waals surface area contributed by atoms with Crippen LogP contribution in [0.25, 0.3) is 0 Å². The Kier molecular flexibility index (Phi) is 3.08. The lowest BCUT2D eigenvalue weighted by Crippen LogP contribution is -2.17. The van der Waals surface area contributed by atoms with Crippen LogP contribution in [0.5, 0.6) is 0 Å². The fourth-order valence-electron chi connectivity index (χ4n) is 1.37. The summed E-state index contributed by atoms with van der Waals surface area (Å²) in [5.41, 5.74) is 1.24. The quantitative estimate of drug-likeness (QED) is 0.593. The number of allylic oxidation sites excluding steroid dienone is 1. The first kappa shape index (κ1) is 9.03. The van der Waals surface area contributed by atoms with Crippen LogP contribution in [0.2, 0.25) is 0 Å². The molecule has 0 aromatic heterocycles. The zero-order valence-corrected chi connectivity index (χ0v) is 6.77. The van der Waals surface area contributed by atoms with Crippen LogP contribution in [0.4, 0.5) is 4.48 Å². The summed E-state index contributed by atoms with van der Waals surface area (Å²) in [6.45, 7) is 0. The number of amides is 1. The number of aliphatic hydroxyl groups is 1. The summed E-state index contributed by atoms with van der Waals surface area (Å²) in [6, 6.07) is 0. The highest BCUT2D eigenvalue weighted by Gasteiger charge is 2.16. The number of nitrogens with one attached hydrogen (secondary N) is 1. The van der Waals surface area contributed by atoms with Crippen molar-refractivity contribution in [2.75, 3.05) is 0 Å². The van der Waals surface area contributed by atoms with E-state index in [-0.39, 0.29) is 11.3 Å². The molecule has 0 atom stereocenters. The van der Waals surface area contributed by atoms with E-state index in [9.17, 15) is 14.4 Å². The molecule has 0 spiro atoms. The van der Waals surface area contributed by atoms with Gasteiger partial charge in [-0.2, -0.15) is 5.54 Å². The third kappa shape index (κ3) is 1.96. The highest BCUT2D eigenvalue weighted by Crippen LogP contribution is 2.21. The molecule has 3 nitrogen and oxygen atoms in total. The minimum Gasteiger partial charge on any atom is -0.512 e. The Bertz CT molecular complexity index is 213. The number of rotatable bonds is 1. The number of carbonyl (C=O) groups excluding carboxylic acids is 1. The van der Waals surface area contributed by atoms with Gasteiger partial charge in [-0.25, -0.2) is 0 Å². The van der Waals surface area contributed by atoms with E-state index >= 15 is 0 Å². The van der Waals surface area contributed by atoms with E-state index in [1.54, 1.807) is 0 Å². The fourth-order valence-corrected chi connectivity index (χ4v) is 1.37. The van der Waals surface area contributed by atoms with Gasteiger partial charge in [0, 0.05) is 6.42 Å². The molecular weight excluding hydrogens is 161 g/mol. The van der Waals surface area contributed by atoms with Gasteiger partial charge in [-0.3, -0.25) is 4.79 Å². The summed E-state index contributed by atoms with van der Waals surface area (Å²) in [5.74, 6) is -0.753. The molecule has 0 radical (unpaired) electrons. The molecular formula is C8H12FNO2. The third-order valence-electron chi connectivity index (χ3n) is 2.05. The standard InChI is InChI=1S/C8H12FNO2/c9-10-8(12)6-4-2-1-3-5-7(6)11/h11H,1-5H2,(H,10,12). The lowest BCUT2D eigenvalue weighted by Gasteiger charge is -2.02. The molecule has 0 heterocycles. The second-order valence-corrected chi connectivity index (χ2v) is 2.91. The molecule has 1 amide bonds. The molecule has 4 heteroatoms. The van der Waals surface area contributed by atoms with Crippen molar-refractivity contribution in [2.45, 2.75) is 32.1 Å². The number of halogens is 1. The fraction of sp³-hybridized carbons (Fsp3) is 0.625. The molecule has 0 aromatic carbocycles. The average Bonchev–Trinajstić information content (AvgIpc) is 2.28. The van der Waals surface area contributed by atoms with Crippen LogP contribution in [0.15, 0.2) is 11.3 Å². The van der Waals surface area contributed by atoms with Crippen molar-refractivity contribution in [3.63, 3.8) is 0 Å². The lowest BCUT2D eigenvalue weighted by atomic mass is 10.1. The summed E-state index contributed by atoms with van der Waals surface area (Å²) in [4.78, 5) is 10.8. The maximum absolute atomic E-state index is 11.7. The molecule has 0 bridgehead atoms. The Balaban J connectivity index is 2.74. The zero-order chi connectivity index (χ0) is 8.97. The molecule has 12 heavy (non-hydrogen) atoms. The van der Waals surface area contributed by atoms with Gasteiger partial charge in [0.15, 0.2) is 0 Å². The van der Waals surface area contributed by atoms with E-state index < -0.39 is 5.91 Å². The van der Waals surface area contributed by atoms with Gasteiger partial charge >= 0.3 is 0 Å². The van der Waals surface area contributed by atoms with Gasteiger partial charge in [0.25, 0.3) is 5.91 Å². The summed E-state index contributed by atoms with van der Waals surface area (Å²) >= 11 is 0. The maximum atomic E-state index is 11.7. The van der Waals surface area contributed by atoms with E-state index in [0.717, 1.165) is 24.8 Å². The predicted octanol–water partition coefficient (Wildman–Crippen LogP) is 1.76. The van der Waals surface area contributed by atoms with Crippen molar-refractivity contribution in [3.8, 4) is 0 Å². The first-order valence-corrected chi connectivity index (χ1v) is 4.07. The number of hydrogen-bond acceptors (Lipinski definition) is 2. The third-order valence-corrected chi connectivity index (χ3v) is 2.05. The van der Waals surface area contributed by atoms with E-state index in [4.69, 9.17) is 0 Å². The van der Waals surface area contributed by atoms with Crippen molar-refractivity contribution >= 4 is 5.91 Å². The van der Waals surface area contributed by atoms with E-state index in [2.05, 4.69) is 0 Å². The summed E-state index contributed by atoms with van der Waals surface area (Å²) < 4.78 is 11.7. The number of aliphatic hydroxyl groups excluding tert-OH is 1. The largest absolute Gasteiger partial charge is 0.512 e. The summed E-state index contributed by atoms with van der Waals surface area (Å²) in [7, 11) is 0. The number of hydrogen-bond donors (Lipinski definition) is 2. The minimum absolute atomic E-state index is 0.0441. The van der Waals surface area contributed by atoms with E-state index in [0.29, 0.717) is 12.8 Å². The zero-order valence-electron chi connectivity index (χ0n) is 6.77. The second-order valence-electron chi connectivity index (χ2n) is 2.91. The van der Waals surface area contributed by atoms with Gasteiger partial charge < -0.3 is 5.11 Å². The van der Waals surface area contributed by atoms with Crippen LogP contribution in [-0.2, 0) is 4.79 Å². The van der Waals surface area contributed by atoms with Gasteiger partial charge in [-0.15, -0.1) is 0 Å². The Morgan fingerprint density at radius 2 is 2.00 bits per heavy atom. The van der Waals surface area contributed by atoms with Crippen LogP contribution < -0.4 is 5.54 Å². The molecule has 0 fully saturated rings. The molecule has 0 saturated carbocycles. The molecule has 0 aliphatic heterocycles. The average molecular weight is 173 g/mol. The molecule has 2 N–H and O–H groups in total. The van der Waals surface area contributed by atoms with Crippen LogP contribution in [0.3, 0.4) is 0 Å². The molecule has 1 aliphatic carbocycles. The van der Waals surface area contributed by atoms with Crippen molar-refractivity contribution in [2.24, 2.45) is 0 Å². The molecule has 68 valence electrons. The normalized spacial score (nSPS) is 18.8. The van der Waals surface area contributed by atoms with Crippen LogP contribution in [-0.4, -0.2) is 11.0 Å². The molecule has 0 unspecified atom stereocenters.